The first-order chi connectivity index (χ1) is 15.4. The van der Waals surface area contributed by atoms with Gasteiger partial charge in [-0.25, -0.2) is 9.78 Å². The lowest BCUT2D eigenvalue weighted by Crippen LogP contribution is -2.54. The van der Waals surface area contributed by atoms with E-state index in [0.717, 1.165) is 11.1 Å². The van der Waals surface area contributed by atoms with E-state index in [1.165, 1.54) is 19.9 Å². The number of benzene rings is 1. The highest BCUT2D eigenvalue weighted by atomic mass is 16.2. The van der Waals surface area contributed by atoms with Gasteiger partial charge in [-0.15, -0.1) is 4.90 Å². The van der Waals surface area contributed by atoms with E-state index < -0.39 is 11.9 Å². The van der Waals surface area contributed by atoms with Crippen LogP contribution in [0.2, 0.25) is 0 Å². The van der Waals surface area contributed by atoms with E-state index in [4.69, 9.17) is 0 Å². The highest BCUT2D eigenvalue weighted by Crippen LogP contribution is 2.27. The van der Waals surface area contributed by atoms with Crippen LogP contribution in [-0.4, -0.2) is 31.6 Å². The van der Waals surface area contributed by atoms with Gasteiger partial charge < -0.3 is 0 Å². The summed E-state index contributed by atoms with van der Waals surface area (Å²) in [6.45, 7) is 3.94. The van der Waals surface area contributed by atoms with Crippen LogP contribution in [0.5, 0.6) is 0 Å². The zero-order valence-corrected chi connectivity index (χ0v) is 17.7. The van der Waals surface area contributed by atoms with Crippen molar-refractivity contribution in [2.24, 2.45) is 5.92 Å². The molecule has 5 rings (SSSR count). The summed E-state index contributed by atoms with van der Waals surface area (Å²) in [4.78, 5) is 45.3. The molecule has 0 saturated carbocycles. The van der Waals surface area contributed by atoms with Gasteiger partial charge in [0, 0.05) is 12.3 Å². The number of carbonyl (C=O) groups is 2. The Bertz CT molecular complexity index is 1420. The first kappa shape index (κ1) is 19.8. The number of rotatable bonds is 3. The smallest absolute Gasteiger partial charge is 0.269 e. The van der Waals surface area contributed by atoms with Crippen LogP contribution in [0.25, 0.3) is 5.65 Å². The number of carbonyl (C=O) groups excluding carboxylic acids is 2. The Kier molecular flexibility index (Phi) is 4.66. The van der Waals surface area contributed by atoms with Crippen molar-refractivity contribution in [1.82, 2.24) is 9.38 Å². The summed E-state index contributed by atoms with van der Waals surface area (Å²) in [6, 6.07) is 11.9. The zero-order chi connectivity index (χ0) is 22.4. The van der Waals surface area contributed by atoms with Crippen LogP contribution in [0.15, 0.2) is 77.8 Å². The summed E-state index contributed by atoms with van der Waals surface area (Å²) in [5.74, 6) is -0.876. The van der Waals surface area contributed by atoms with Gasteiger partial charge in [-0.2, -0.15) is 9.37 Å². The van der Waals surface area contributed by atoms with Gasteiger partial charge in [0.1, 0.15) is 29.5 Å². The normalized spacial score (nSPS) is 17.9. The van der Waals surface area contributed by atoms with E-state index in [1.807, 2.05) is 32.0 Å². The third-order valence-electron chi connectivity index (χ3n) is 5.63. The molecule has 7 nitrogen and oxygen atoms in total. The first-order valence-corrected chi connectivity index (χ1v) is 10.4. The number of fused-ring (bicyclic) bond motifs is 2. The molecule has 0 N–H and O–H groups in total. The van der Waals surface area contributed by atoms with Crippen LogP contribution >= 0.6 is 0 Å². The Labute approximate surface area is 184 Å². The fourth-order valence-electron chi connectivity index (χ4n) is 4.29. The third-order valence-corrected chi connectivity index (χ3v) is 5.63. The molecule has 32 heavy (non-hydrogen) atoms. The maximum Gasteiger partial charge on any atom is 0.506 e. The summed E-state index contributed by atoms with van der Waals surface area (Å²) in [6.07, 6.45) is 8.82. The SMILES string of the molecule is Cc1cc(C)cc(N2C(=O)C3C=CC=CC3=[N+](Cc3cc(=O)n4ccccc4n3)C2=O)c1. The standard InChI is InChI=1S/C25H21N4O3/c1-16-11-17(2)13-19(12-16)29-24(31)20-7-3-4-8-21(20)28(25(29)32)15-18-14-23(30)27-10-6-5-9-22(27)26-18/h3-14,20H,15H2,1-2H3/q+1. The highest BCUT2D eigenvalue weighted by Gasteiger charge is 2.48. The number of allylic oxidation sites excluding steroid dienone is 3. The van der Waals surface area contributed by atoms with Gasteiger partial charge in [0.15, 0.2) is 0 Å². The van der Waals surface area contributed by atoms with Crippen LogP contribution in [0.4, 0.5) is 10.5 Å². The monoisotopic (exact) mass is 425 g/mol. The molecule has 1 atom stereocenters. The topological polar surface area (TPSA) is 74.8 Å². The number of anilines is 1. The second-order valence-electron chi connectivity index (χ2n) is 8.05. The maximum absolute atomic E-state index is 13.6. The zero-order valence-electron chi connectivity index (χ0n) is 17.7. The second-order valence-corrected chi connectivity index (χ2v) is 8.05. The summed E-state index contributed by atoms with van der Waals surface area (Å²) in [5.41, 5.74) is 3.78. The van der Waals surface area contributed by atoms with E-state index >= 15 is 0 Å². The molecule has 3 aromatic rings. The number of hydrogen-bond acceptors (Lipinski definition) is 4. The summed E-state index contributed by atoms with van der Waals surface area (Å²) < 4.78 is 2.98. The van der Waals surface area contributed by atoms with Crippen molar-refractivity contribution < 1.29 is 14.2 Å². The number of imide groups is 1. The molecule has 7 heteroatoms. The minimum absolute atomic E-state index is 0.0814. The molecule has 2 aliphatic rings. The molecule has 3 heterocycles. The maximum atomic E-state index is 13.6. The number of hydrogen-bond donors (Lipinski definition) is 0. The van der Waals surface area contributed by atoms with Crippen molar-refractivity contribution >= 4 is 29.0 Å². The van der Waals surface area contributed by atoms with Gasteiger partial charge in [0.25, 0.3) is 5.56 Å². The predicted octanol–water partition coefficient (Wildman–Crippen LogP) is 3.17. The van der Waals surface area contributed by atoms with Gasteiger partial charge >= 0.3 is 11.9 Å². The van der Waals surface area contributed by atoms with Crippen LogP contribution in [0.1, 0.15) is 16.8 Å². The van der Waals surface area contributed by atoms with E-state index in [-0.39, 0.29) is 18.0 Å². The quantitative estimate of drug-likeness (QED) is 0.604. The fourth-order valence-corrected chi connectivity index (χ4v) is 4.29. The summed E-state index contributed by atoms with van der Waals surface area (Å²) in [7, 11) is 0. The van der Waals surface area contributed by atoms with Crippen molar-refractivity contribution in [3.05, 3.63) is 100 Å². The molecule has 1 aliphatic heterocycles. The van der Waals surface area contributed by atoms with Crippen molar-refractivity contribution in [3.63, 3.8) is 0 Å². The average Bonchev–Trinajstić information content (AvgIpc) is 2.76. The minimum Gasteiger partial charge on any atom is -0.269 e. The second kappa shape index (κ2) is 7.53. The van der Waals surface area contributed by atoms with E-state index in [9.17, 15) is 14.4 Å². The van der Waals surface area contributed by atoms with E-state index in [2.05, 4.69) is 4.98 Å². The molecular formula is C25H21N4O3+. The Balaban J connectivity index is 1.63. The summed E-state index contributed by atoms with van der Waals surface area (Å²) >= 11 is 0. The average molecular weight is 425 g/mol. The van der Waals surface area contributed by atoms with Gasteiger partial charge in [-0.05, 0) is 55.3 Å². The van der Waals surface area contributed by atoms with Crippen molar-refractivity contribution in [1.29, 1.82) is 0 Å². The number of pyridine rings is 1. The molecule has 2 aromatic heterocycles. The van der Waals surface area contributed by atoms with E-state index in [0.29, 0.717) is 22.7 Å². The largest absolute Gasteiger partial charge is 0.506 e. The molecular weight excluding hydrogens is 404 g/mol. The number of amides is 3. The number of aromatic nitrogens is 2. The van der Waals surface area contributed by atoms with Gasteiger partial charge in [-0.1, -0.05) is 30.4 Å². The highest BCUT2D eigenvalue weighted by molar-refractivity contribution is 6.25. The fraction of sp³-hybridized carbons (Fsp3) is 0.160. The molecule has 1 unspecified atom stereocenters. The van der Waals surface area contributed by atoms with Gasteiger partial charge in [0.05, 0.1) is 5.69 Å². The third kappa shape index (κ3) is 3.28. The lowest BCUT2D eigenvalue weighted by atomic mass is 9.94. The Morgan fingerprint density at radius 3 is 2.56 bits per heavy atom. The molecule has 0 saturated heterocycles. The number of urea groups is 1. The Hall–Kier alpha value is -4.13. The molecule has 0 spiro atoms. The molecule has 0 bridgehead atoms. The van der Waals surface area contributed by atoms with Crippen molar-refractivity contribution in [3.8, 4) is 0 Å². The molecule has 1 aromatic carbocycles. The van der Waals surface area contributed by atoms with Crippen molar-refractivity contribution in [2.45, 2.75) is 20.4 Å². The van der Waals surface area contributed by atoms with Gasteiger partial charge in [-0.3, -0.25) is 9.20 Å². The molecule has 3 amide bonds. The van der Waals surface area contributed by atoms with Gasteiger partial charge in [0.2, 0.25) is 0 Å². The number of aryl methyl sites for hydroxylation is 2. The van der Waals surface area contributed by atoms with Crippen LogP contribution in [0, 0.1) is 19.8 Å². The lowest BCUT2D eigenvalue weighted by molar-refractivity contribution is -0.446. The van der Waals surface area contributed by atoms with Crippen LogP contribution < -0.4 is 10.5 Å². The molecule has 1 aliphatic carbocycles. The van der Waals surface area contributed by atoms with E-state index in [1.54, 1.807) is 48.7 Å². The molecule has 0 radical (unpaired) electrons. The predicted molar refractivity (Wildman–Crippen MR) is 121 cm³/mol. The summed E-state index contributed by atoms with van der Waals surface area (Å²) in [5, 5.41) is 0. The molecule has 0 fully saturated rings. The van der Waals surface area contributed by atoms with Crippen molar-refractivity contribution in [2.75, 3.05) is 4.90 Å². The minimum atomic E-state index is -0.583. The van der Waals surface area contributed by atoms with Crippen LogP contribution in [0.3, 0.4) is 0 Å². The first-order valence-electron chi connectivity index (χ1n) is 10.4. The Morgan fingerprint density at radius 2 is 1.78 bits per heavy atom. The molecule has 158 valence electrons. The lowest BCUT2D eigenvalue weighted by Gasteiger charge is -2.26. The number of nitrogens with zero attached hydrogens (tertiary/aromatic N) is 4. The Morgan fingerprint density at radius 1 is 1.00 bits per heavy atom. The van der Waals surface area contributed by atoms with Crippen LogP contribution in [-0.2, 0) is 11.3 Å².